The molecule has 0 aliphatic heterocycles. The molecule has 0 saturated heterocycles. The summed E-state index contributed by atoms with van der Waals surface area (Å²) in [6.07, 6.45) is 98.5. The molecule has 6 nitrogen and oxygen atoms in total. The molecule has 3 N–H and O–H groups in total. The van der Waals surface area contributed by atoms with Gasteiger partial charge in [-0.25, -0.2) is 0 Å². The van der Waals surface area contributed by atoms with E-state index >= 15 is 0 Å². The van der Waals surface area contributed by atoms with Crippen molar-refractivity contribution < 1.29 is 24.5 Å². The standard InChI is InChI=1S/C81H157NO5/c1-3-5-7-9-11-13-15-17-18-19-20-38-41-44-47-50-53-57-61-65-69-73-79(84)78(77-83)82-80(85)74-70-66-62-58-54-51-48-45-42-39-36-34-32-30-28-26-24-22-21-23-25-27-29-31-33-35-37-40-43-46-49-52-56-60-64-68-72-76-87-81(86)75-71-67-63-59-55-16-14-12-10-8-6-4-2/h12,14,21,23,78-79,83-84H,3-11,13,15-20,22,24-77H2,1-2H3,(H,82,85)/b14-12-,23-21-. The molecule has 0 aromatic rings. The van der Waals surface area contributed by atoms with Crippen LogP contribution in [0.5, 0.6) is 0 Å². The molecule has 0 fully saturated rings. The second-order valence-electron chi connectivity index (χ2n) is 27.7. The summed E-state index contributed by atoms with van der Waals surface area (Å²) < 4.78 is 5.48. The molecule has 6 heteroatoms. The van der Waals surface area contributed by atoms with Gasteiger partial charge in [0.15, 0.2) is 0 Å². The number of carbonyl (C=O) groups is 2. The number of rotatable bonds is 76. The number of amides is 1. The Bertz CT molecular complexity index is 1360. The molecular formula is C81H157NO5. The number of carbonyl (C=O) groups excluding carboxylic acids is 2. The number of hydrogen-bond donors (Lipinski definition) is 3. The highest BCUT2D eigenvalue weighted by molar-refractivity contribution is 5.76. The maximum atomic E-state index is 12.6. The lowest BCUT2D eigenvalue weighted by Gasteiger charge is -2.22. The third-order valence-corrected chi connectivity index (χ3v) is 19.0. The van der Waals surface area contributed by atoms with E-state index in [1.54, 1.807) is 0 Å². The van der Waals surface area contributed by atoms with Crippen LogP contribution in [0.2, 0.25) is 0 Å². The summed E-state index contributed by atoms with van der Waals surface area (Å²) in [5.41, 5.74) is 0. The molecule has 0 aliphatic carbocycles. The van der Waals surface area contributed by atoms with E-state index in [0.29, 0.717) is 25.9 Å². The minimum Gasteiger partial charge on any atom is -0.466 e. The highest BCUT2D eigenvalue weighted by Crippen LogP contribution is 2.20. The van der Waals surface area contributed by atoms with E-state index in [0.717, 1.165) is 44.9 Å². The van der Waals surface area contributed by atoms with Crippen molar-refractivity contribution >= 4 is 11.9 Å². The number of nitrogens with one attached hydrogen (secondary N) is 1. The van der Waals surface area contributed by atoms with Crippen LogP contribution >= 0.6 is 0 Å². The van der Waals surface area contributed by atoms with E-state index in [1.165, 1.54) is 379 Å². The van der Waals surface area contributed by atoms with E-state index in [2.05, 4.69) is 43.5 Å². The quantitative estimate of drug-likeness (QED) is 0.0320. The van der Waals surface area contributed by atoms with Gasteiger partial charge in [-0.05, 0) is 77.0 Å². The molecule has 1 amide bonds. The van der Waals surface area contributed by atoms with Crippen molar-refractivity contribution in [3.63, 3.8) is 0 Å². The topological polar surface area (TPSA) is 95.9 Å². The molecule has 87 heavy (non-hydrogen) atoms. The second-order valence-corrected chi connectivity index (χ2v) is 27.7. The normalized spacial score (nSPS) is 12.6. The summed E-state index contributed by atoms with van der Waals surface area (Å²) >= 11 is 0. The molecule has 2 unspecified atom stereocenters. The van der Waals surface area contributed by atoms with Gasteiger partial charge in [0, 0.05) is 12.8 Å². The number of hydrogen-bond acceptors (Lipinski definition) is 5. The van der Waals surface area contributed by atoms with Crippen LogP contribution in [0.4, 0.5) is 0 Å². The van der Waals surface area contributed by atoms with Crippen molar-refractivity contribution in [3.8, 4) is 0 Å². The monoisotopic (exact) mass is 1220 g/mol. The number of ether oxygens (including phenoxy) is 1. The molecule has 0 aromatic carbocycles. The average Bonchev–Trinajstić information content (AvgIpc) is 3.52. The van der Waals surface area contributed by atoms with Crippen molar-refractivity contribution in [2.24, 2.45) is 0 Å². The Kier molecular flexibility index (Phi) is 75.3. The molecule has 0 saturated carbocycles. The number of allylic oxidation sites excluding steroid dienone is 4. The Morgan fingerprint density at radius 1 is 0.310 bits per heavy atom. The van der Waals surface area contributed by atoms with Crippen molar-refractivity contribution in [1.29, 1.82) is 0 Å². The smallest absolute Gasteiger partial charge is 0.305 e. The van der Waals surface area contributed by atoms with Crippen molar-refractivity contribution in [1.82, 2.24) is 5.32 Å². The van der Waals surface area contributed by atoms with Crippen molar-refractivity contribution in [3.05, 3.63) is 24.3 Å². The summed E-state index contributed by atoms with van der Waals surface area (Å²) in [6, 6.07) is -0.539. The van der Waals surface area contributed by atoms with Crippen LogP contribution in [0.15, 0.2) is 24.3 Å². The van der Waals surface area contributed by atoms with E-state index in [4.69, 9.17) is 4.74 Å². The van der Waals surface area contributed by atoms with Gasteiger partial charge in [0.2, 0.25) is 5.91 Å². The Morgan fingerprint density at radius 2 is 0.540 bits per heavy atom. The number of unbranched alkanes of at least 4 members (excludes halogenated alkanes) is 61. The largest absolute Gasteiger partial charge is 0.466 e. The average molecular weight is 1230 g/mol. The first kappa shape index (κ1) is 85.3. The maximum Gasteiger partial charge on any atom is 0.305 e. The molecule has 0 spiro atoms. The van der Waals surface area contributed by atoms with Crippen LogP contribution in [-0.4, -0.2) is 47.4 Å². The van der Waals surface area contributed by atoms with Crippen LogP contribution in [0, 0.1) is 0 Å². The van der Waals surface area contributed by atoms with Crippen LogP contribution in [0.3, 0.4) is 0 Å². The lowest BCUT2D eigenvalue weighted by Crippen LogP contribution is -2.45. The Labute approximate surface area is 545 Å². The Morgan fingerprint density at radius 3 is 0.839 bits per heavy atom. The van der Waals surface area contributed by atoms with Gasteiger partial charge >= 0.3 is 5.97 Å². The molecule has 0 heterocycles. The highest BCUT2D eigenvalue weighted by atomic mass is 16.5. The molecule has 0 radical (unpaired) electrons. The lowest BCUT2D eigenvalue weighted by atomic mass is 10.0. The first-order chi connectivity index (χ1) is 43.0. The number of aliphatic hydroxyl groups is 2. The number of esters is 1. The summed E-state index contributed by atoms with van der Waals surface area (Å²) in [5, 5.41) is 23.5. The van der Waals surface area contributed by atoms with Crippen LogP contribution in [0.25, 0.3) is 0 Å². The summed E-state index contributed by atoms with van der Waals surface area (Å²) in [4.78, 5) is 24.6. The van der Waals surface area contributed by atoms with E-state index in [1.807, 2.05) is 0 Å². The fourth-order valence-corrected chi connectivity index (χ4v) is 12.9. The van der Waals surface area contributed by atoms with Crippen molar-refractivity contribution in [2.45, 2.75) is 469 Å². The zero-order valence-electron chi connectivity index (χ0n) is 59.3. The first-order valence-electron chi connectivity index (χ1n) is 40.1. The van der Waals surface area contributed by atoms with Crippen LogP contribution in [-0.2, 0) is 14.3 Å². The molecule has 0 rings (SSSR count). The SMILES string of the molecule is CCCCC/C=C\CCCCCCCC(=O)OCCCCCCCCCCCCCCCCCC/C=C\CCCCCCCCCCCCCCCCCCCC(=O)NC(CO)C(O)CCCCCCCCCCCCCCCCCCCCCCC. The number of aliphatic hydroxyl groups excluding tert-OH is 2. The molecule has 0 aromatic heterocycles. The summed E-state index contributed by atoms with van der Waals surface area (Å²) in [7, 11) is 0. The Balaban J connectivity index is 3.33. The van der Waals surface area contributed by atoms with Gasteiger partial charge in [-0.1, -0.05) is 391 Å². The Hall–Kier alpha value is -1.66. The highest BCUT2D eigenvalue weighted by Gasteiger charge is 2.20. The third kappa shape index (κ3) is 73.3. The van der Waals surface area contributed by atoms with E-state index in [-0.39, 0.29) is 18.5 Å². The van der Waals surface area contributed by atoms with Gasteiger partial charge in [-0.2, -0.15) is 0 Å². The molecule has 2 atom stereocenters. The van der Waals surface area contributed by atoms with Crippen molar-refractivity contribution in [2.75, 3.05) is 13.2 Å². The third-order valence-electron chi connectivity index (χ3n) is 19.0. The van der Waals surface area contributed by atoms with Gasteiger partial charge in [-0.15, -0.1) is 0 Å². The predicted molar refractivity (Wildman–Crippen MR) is 384 cm³/mol. The fraction of sp³-hybridized carbons (Fsp3) is 0.926. The zero-order valence-corrected chi connectivity index (χ0v) is 59.3. The van der Waals surface area contributed by atoms with Crippen LogP contribution < -0.4 is 5.32 Å². The molecule has 516 valence electrons. The first-order valence-corrected chi connectivity index (χ1v) is 40.1. The second kappa shape index (κ2) is 76.8. The van der Waals surface area contributed by atoms with E-state index in [9.17, 15) is 19.8 Å². The van der Waals surface area contributed by atoms with Gasteiger partial charge in [0.1, 0.15) is 0 Å². The van der Waals surface area contributed by atoms with Gasteiger partial charge < -0.3 is 20.3 Å². The van der Waals surface area contributed by atoms with Gasteiger partial charge in [-0.3, -0.25) is 9.59 Å². The van der Waals surface area contributed by atoms with Crippen LogP contribution in [0.1, 0.15) is 457 Å². The van der Waals surface area contributed by atoms with Gasteiger partial charge in [0.25, 0.3) is 0 Å². The fourth-order valence-electron chi connectivity index (χ4n) is 12.9. The van der Waals surface area contributed by atoms with Gasteiger partial charge in [0.05, 0.1) is 25.4 Å². The lowest BCUT2D eigenvalue weighted by molar-refractivity contribution is -0.143. The maximum absolute atomic E-state index is 12.6. The molecular weight excluding hydrogens is 1070 g/mol. The molecule has 0 aliphatic rings. The summed E-state index contributed by atoms with van der Waals surface area (Å²) in [6.45, 7) is 4.98. The zero-order chi connectivity index (χ0) is 62.8. The minimum atomic E-state index is -0.662. The molecule has 0 bridgehead atoms. The summed E-state index contributed by atoms with van der Waals surface area (Å²) in [5.74, 6) is -0.0135. The predicted octanol–water partition coefficient (Wildman–Crippen LogP) is 26.4. The minimum absolute atomic E-state index is 0.0121. The van der Waals surface area contributed by atoms with E-state index < -0.39 is 12.1 Å².